The molecule has 0 amide bonds. The molecular formula is C12H23NO3. The van der Waals surface area contributed by atoms with Gasteiger partial charge in [-0.1, -0.05) is 13.8 Å². The third-order valence-corrected chi connectivity index (χ3v) is 2.67. The van der Waals surface area contributed by atoms with Gasteiger partial charge in [0.2, 0.25) is 0 Å². The lowest BCUT2D eigenvalue weighted by Gasteiger charge is -2.14. The third-order valence-electron chi connectivity index (χ3n) is 2.67. The summed E-state index contributed by atoms with van der Waals surface area (Å²) in [5.74, 6) is -0.126. The second-order valence-corrected chi connectivity index (χ2v) is 4.94. The Morgan fingerprint density at radius 1 is 1.50 bits per heavy atom. The molecule has 0 bridgehead atoms. The Balaban J connectivity index is 2.05. The highest BCUT2D eigenvalue weighted by atomic mass is 16.5. The highest BCUT2D eigenvalue weighted by molar-refractivity contribution is 5.73. The largest absolute Gasteiger partial charge is 0.480 e. The average Bonchev–Trinajstić information content (AvgIpc) is 2.98. The predicted octanol–water partition coefficient (Wildman–Crippen LogP) is 1.64. The maximum Gasteiger partial charge on any atom is 0.323 e. The van der Waals surface area contributed by atoms with Gasteiger partial charge in [-0.15, -0.1) is 0 Å². The van der Waals surface area contributed by atoms with Gasteiger partial charge < -0.3 is 9.84 Å². The molecule has 0 radical (unpaired) electrons. The Hall–Kier alpha value is -0.610. The summed E-state index contributed by atoms with van der Waals surface area (Å²) in [6.07, 6.45) is 4.33. The van der Waals surface area contributed by atoms with Gasteiger partial charge in [0.15, 0.2) is 0 Å². The van der Waals surface area contributed by atoms with Gasteiger partial charge in [0.25, 0.3) is 0 Å². The molecular weight excluding hydrogens is 206 g/mol. The van der Waals surface area contributed by atoms with Crippen molar-refractivity contribution in [3.05, 3.63) is 0 Å². The van der Waals surface area contributed by atoms with E-state index in [9.17, 15) is 4.79 Å². The van der Waals surface area contributed by atoms with Gasteiger partial charge in [-0.3, -0.25) is 10.1 Å². The summed E-state index contributed by atoms with van der Waals surface area (Å²) >= 11 is 0. The number of ether oxygens (including phenoxy) is 1. The second-order valence-electron chi connectivity index (χ2n) is 4.94. The van der Waals surface area contributed by atoms with E-state index in [1.165, 1.54) is 0 Å². The standard InChI is InChI=1S/C12H23NO3/c1-9(2)4-3-7-16-8-11(12(14)15)13-10-5-6-10/h9-11,13H,3-8H2,1-2H3,(H,14,15). The lowest BCUT2D eigenvalue weighted by atomic mass is 10.1. The maximum absolute atomic E-state index is 10.9. The first kappa shape index (κ1) is 13.5. The monoisotopic (exact) mass is 229 g/mol. The van der Waals surface area contributed by atoms with Crippen LogP contribution in [0.3, 0.4) is 0 Å². The van der Waals surface area contributed by atoms with Gasteiger partial charge >= 0.3 is 5.97 Å². The minimum atomic E-state index is -0.809. The van der Waals surface area contributed by atoms with E-state index in [0.29, 0.717) is 18.6 Å². The van der Waals surface area contributed by atoms with Crippen LogP contribution in [0.2, 0.25) is 0 Å². The molecule has 94 valence electrons. The number of carbonyl (C=O) groups is 1. The van der Waals surface area contributed by atoms with E-state index in [-0.39, 0.29) is 6.61 Å². The van der Waals surface area contributed by atoms with Crippen LogP contribution in [-0.2, 0) is 9.53 Å². The Labute approximate surface area is 97.4 Å². The van der Waals surface area contributed by atoms with Crippen LogP contribution in [0.1, 0.15) is 39.5 Å². The van der Waals surface area contributed by atoms with E-state index in [0.717, 1.165) is 25.7 Å². The Bertz CT molecular complexity index is 214. The third kappa shape index (κ3) is 6.08. The summed E-state index contributed by atoms with van der Waals surface area (Å²) in [6, 6.07) is -0.132. The Morgan fingerprint density at radius 2 is 2.19 bits per heavy atom. The topological polar surface area (TPSA) is 58.6 Å². The van der Waals surface area contributed by atoms with Gasteiger partial charge in [0.05, 0.1) is 6.61 Å². The van der Waals surface area contributed by atoms with Crippen LogP contribution in [-0.4, -0.2) is 36.4 Å². The Morgan fingerprint density at radius 3 is 2.69 bits per heavy atom. The summed E-state index contributed by atoms with van der Waals surface area (Å²) < 4.78 is 5.39. The molecule has 0 spiro atoms. The molecule has 2 N–H and O–H groups in total. The molecule has 1 atom stereocenters. The van der Waals surface area contributed by atoms with Crippen molar-refractivity contribution < 1.29 is 14.6 Å². The van der Waals surface area contributed by atoms with E-state index in [1.54, 1.807) is 0 Å². The summed E-state index contributed by atoms with van der Waals surface area (Å²) in [6.45, 7) is 5.29. The molecule has 1 aliphatic carbocycles. The minimum absolute atomic E-state index is 0.282. The van der Waals surface area contributed by atoms with Crippen LogP contribution in [0.5, 0.6) is 0 Å². The first-order valence-electron chi connectivity index (χ1n) is 6.16. The van der Waals surface area contributed by atoms with Crippen LogP contribution in [0, 0.1) is 5.92 Å². The first-order valence-corrected chi connectivity index (χ1v) is 6.16. The molecule has 1 saturated carbocycles. The van der Waals surface area contributed by atoms with Crippen molar-refractivity contribution in [3.8, 4) is 0 Å². The molecule has 4 heteroatoms. The molecule has 1 fully saturated rings. The molecule has 1 aliphatic rings. The molecule has 1 rings (SSSR count). The van der Waals surface area contributed by atoms with E-state index < -0.39 is 12.0 Å². The fourth-order valence-electron chi connectivity index (χ4n) is 1.52. The molecule has 0 aromatic carbocycles. The van der Waals surface area contributed by atoms with Gasteiger partial charge in [-0.2, -0.15) is 0 Å². The quantitative estimate of drug-likeness (QED) is 0.590. The smallest absolute Gasteiger partial charge is 0.323 e. The zero-order chi connectivity index (χ0) is 12.0. The number of nitrogens with one attached hydrogen (secondary N) is 1. The van der Waals surface area contributed by atoms with Crippen molar-refractivity contribution in [1.82, 2.24) is 5.32 Å². The minimum Gasteiger partial charge on any atom is -0.480 e. The van der Waals surface area contributed by atoms with Gasteiger partial charge in [0.1, 0.15) is 6.04 Å². The molecule has 4 nitrogen and oxygen atoms in total. The lowest BCUT2D eigenvalue weighted by molar-refractivity contribution is -0.141. The number of carboxylic acids is 1. The molecule has 0 aromatic rings. The molecule has 0 aliphatic heterocycles. The number of aliphatic carboxylic acids is 1. The summed E-state index contributed by atoms with van der Waals surface area (Å²) in [4.78, 5) is 10.9. The fraction of sp³-hybridized carbons (Fsp3) is 0.917. The number of hydrogen-bond donors (Lipinski definition) is 2. The van der Waals surface area contributed by atoms with Crippen LogP contribution in [0.15, 0.2) is 0 Å². The molecule has 16 heavy (non-hydrogen) atoms. The highest BCUT2D eigenvalue weighted by Crippen LogP contribution is 2.19. The van der Waals surface area contributed by atoms with Crippen molar-refractivity contribution in [3.63, 3.8) is 0 Å². The van der Waals surface area contributed by atoms with E-state index in [4.69, 9.17) is 9.84 Å². The lowest BCUT2D eigenvalue weighted by Crippen LogP contribution is -2.41. The first-order chi connectivity index (χ1) is 7.59. The van der Waals surface area contributed by atoms with Crippen molar-refractivity contribution in [2.75, 3.05) is 13.2 Å². The summed E-state index contributed by atoms with van der Waals surface area (Å²) in [5.41, 5.74) is 0. The van der Waals surface area contributed by atoms with Crippen LogP contribution in [0.4, 0.5) is 0 Å². The SMILES string of the molecule is CC(C)CCCOCC(NC1CC1)C(=O)O. The van der Waals surface area contributed by atoms with Crippen LogP contribution in [0.25, 0.3) is 0 Å². The zero-order valence-corrected chi connectivity index (χ0v) is 10.2. The summed E-state index contributed by atoms with van der Waals surface area (Å²) in [5, 5.41) is 12.0. The highest BCUT2D eigenvalue weighted by Gasteiger charge is 2.28. The molecule has 0 heterocycles. The number of rotatable bonds is 9. The normalized spacial score (nSPS) is 17.7. The number of hydrogen-bond acceptors (Lipinski definition) is 3. The van der Waals surface area contributed by atoms with Crippen molar-refractivity contribution in [1.29, 1.82) is 0 Å². The van der Waals surface area contributed by atoms with Crippen molar-refractivity contribution in [2.24, 2.45) is 5.92 Å². The molecule has 1 unspecified atom stereocenters. The number of carboxylic acid groups (broad SMARTS) is 1. The van der Waals surface area contributed by atoms with Crippen molar-refractivity contribution >= 4 is 5.97 Å². The fourth-order valence-corrected chi connectivity index (χ4v) is 1.52. The van der Waals surface area contributed by atoms with Gasteiger partial charge in [-0.05, 0) is 31.6 Å². The van der Waals surface area contributed by atoms with E-state index in [1.807, 2.05) is 0 Å². The average molecular weight is 229 g/mol. The van der Waals surface area contributed by atoms with Gasteiger partial charge in [-0.25, -0.2) is 0 Å². The van der Waals surface area contributed by atoms with Crippen LogP contribution < -0.4 is 5.32 Å². The maximum atomic E-state index is 10.9. The van der Waals surface area contributed by atoms with Crippen molar-refractivity contribution in [2.45, 2.75) is 51.6 Å². The molecule has 0 saturated heterocycles. The predicted molar refractivity (Wildman–Crippen MR) is 62.5 cm³/mol. The van der Waals surface area contributed by atoms with E-state index in [2.05, 4.69) is 19.2 Å². The van der Waals surface area contributed by atoms with Crippen LogP contribution >= 0.6 is 0 Å². The zero-order valence-electron chi connectivity index (χ0n) is 10.2. The summed E-state index contributed by atoms with van der Waals surface area (Å²) in [7, 11) is 0. The molecule has 0 aromatic heterocycles. The van der Waals surface area contributed by atoms with E-state index >= 15 is 0 Å². The second kappa shape index (κ2) is 6.86. The Kier molecular flexibility index (Phi) is 5.77. The van der Waals surface area contributed by atoms with Gasteiger partial charge in [0, 0.05) is 12.6 Å².